The van der Waals surface area contributed by atoms with Gasteiger partial charge in [0, 0.05) is 30.5 Å². The van der Waals surface area contributed by atoms with Crippen molar-refractivity contribution in [3.05, 3.63) is 0 Å². The van der Waals surface area contributed by atoms with E-state index in [9.17, 15) is 4.57 Å². The highest BCUT2D eigenvalue weighted by atomic mass is 31.2. The average molecular weight is 303 g/mol. The average Bonchev–Trinajstić information content (AvgIpc) is 2.80. The number of hydrogen-bond acceptors (Lipinski definition) is 2. The van der Waals surface area contributed by atoms with E-state index < -0.39 is 7.29 Å². The zero-order valence-corrected chi connectivity index (χ0v) is 15.4. The van der Waals surface area contributed by atoms with Gasteiger partial charge < -0.3 is 9.30 Å². The second-order valence-corrected chi connectivity index (χ2v) is 11.8. The van der Waals surface area contributed by atoms with Crippen molar-refractivity contribution in [3.63, 3.8) is 0 Å². The largest absolute Gasteiger partial charge is 0.380 e. The Morgan fingerprint density at radius 1 is 1.20 bits per heavy atom. The number of ether oxygens (including phenoxy) is 1. The molecular weight excluding hydrogens is 269 g/mol. The summed E-state index contributed by atoms with van der Waals surface area (Å²) in [6, 6.07) is 0.341. The minimum absolute atomic E-state index is 0.211. The van der Waals surface area contributed by atoms with E-state index in [-0.39, 0.29) is 16.7 Å². The third kappa shape index (κ3) is 4.32. The highest BCUT2D eigenvalue weighted by Crippen LogP contribution is 2.59. The molecule has 0 aromatic rings. The summed E-state index contributed by atoms with van der Waals surface area (Å²) < 4.78 is 21.6. The molecule has 0 saturated carbocycles. The first-order chi connectivity index (χ1) is 9.09. The van der Waals surface area contributed by atoms with Crippen LogP contribution < -0.4 is 0 Å². The van der Waals surface area contributed by atoms with Gasteiger partial charge in [-0.25, -0.2) is 4.67 Å². The molecule has 20 heavy (non-hydrogen) atoms. The Kier molecular flexibility index (Phi) is 6.32. The standard InChI is InChI=1S/C16H34NO2P/c1-13(2)20(18,14(3)4)17(10-9-16(5,6)7)15-8-11-19-12-15/h13-15H,8-12H2,1-7H3. The highest BCUT2D eigenvalue weighted by Gasteiger charge is 2.41. The van der Waals surface area contributed by atoms with Crippen LogP contribution in [0.1, 0.15) is 61.3 Å². The van der Waals surface area contributed by atoms with Crippen molar-refractivity contribution in [2.45, 2.75) is 78.7 Å². The Balaban J connectivity index is 2.98. The van der Waals surface area contributed by atoms with E-state index in [2.05, 4.69) is 53.1 Å². The molecule has 0 bridgehead atoms. The van der Waals surface area contributed by atoms with Gasteiger partial charge in [0.15, 0.2) is 7.29 Å². The summed E-state index contributed by atoms with van der Waals surface area (Å²) in [6.07, 6.45) is 2.10. The summed E-state index contributed by atoms with van der Waals surface area (Å²) in [5, 5.41) is 0. The first-order valence-electron chi connectivity index (χ1n) is 8.03. The number of rotatable bonds is 6. The molecular formula is C16H34NO2P. The lowest BCUT2D eigenvalue weighted by molar-refractivity contribution is 0.170. The van der Waals surface area contributed by atoms with Crippen LogP contribution in [-0.2, 0) is 9.30 Å². The molecule has 1 saturated heterocycles. The summed E-state index contributed by atoms with van der Waals surface area (Å²) in [5.74, 6) is 0. The minimum atomic E-state index is -2.36. The van der Waals surface area contributed by atoms with Crippen molar-refractivity contribution in [3.8, 4) is 0 Å². The van der Waals surface area contributed by atoms with Gasteiger partial charge in [-0.1, -0.05) is 48.5 Å². The zero-order chi connectivity index (χ0) is 15.6. The summed E-state index contributed by atoms with van der Waals surface area (Å²) in [6.45, 7) is 17.7. The fraction of sp³-hybridized carbons (Fsp3) is 1.00. The molecule has 1 fully saturated rings. The fourth-order valence-corrected chi connectivity index (χ4v) is 6.48. The maximum atomic E-state index is 13.7. The maximum Gasteiger partial charge on any atom is 0.155 e. The van der Waals surface area contributed by atoms with Gasteiger partial charge in [-0.2, -0.15) is 0 Å². The van der Waals surface area contributed by atoms with E-state index >= 15 is 0 Å². The summed E-state index contributed by atoms with van der Waals surface area (Å²) in [4.78, 5) is 0. The first-order valence-corrected chi connectivity index (χ1v) is 9.83. The van der Waals surface area contributed by atoms with Gasteiger partial charge in [-0.3, -0.25) is 0 Å². The van der Waals surface area contributed by atoms with Crippen molar-refractivity contribution in [1.82, 2.24) is 4.67 Å². The lowest BCUT2D eigenvalue weighted by atomic mass is 9.92. The van der Waals surface area contributed by atoms with Crippen LogP contribution in [0.5, 0.6) is 0 Å². The minimum Gasteiger partial charge on any atom is -0.380 e. The lowest BCUT2D eigenvalue weighted by Gasteiger charge is -2.41. The Hall–Kier alpha value is 0.150. The third-order valence-electron chi connectivity index (χ3n) is 4.30. The van der Waals surface area contributed by atoms with Crippen molar-refractivity contribution in [2.75, 3.05) is 19.8 Å². The van der Waals surface area contributed by atoms with Crippen LogP contribution >= 0.6 is 7.29 Å². The molecule has 0 N–H and O–H groups in total. The second kappa shape index (κ2) is 6.94. The lowest BCUT2D eigenvalue weighted by Crippen LogP contribution is -2.39. The molecule has 0 spiro atoms. The molecule has 0 amide bonds. The van der Waals surface area contributed by atoms with Crippen LogP contribution in [-0.4, -0.2) is 41.8 Å². The van der Waals surface area contributed by atoms with Gasteiger partial charge in [0.1, 0.15) is 0 Å². The fourth-order valence-electron chi connectivity index (χ4n) is 2.99. The highest BCUT2D eigenvalue weighted by molar-refractivity contribution is 7.62. The summed E-state index contributed by atoms with van der Waals surface area (Å²) in [5.41, 5.74) is 0.697. The molecule has 120 valence electrons. The maximum absolute atomic E-state index is 13.7. The molecule has 1 heterocycles. The molecule has 1 atom stereocenters. The van der Waals surface area contributed by atoms with Crippen LogP contribution in [0.3, 0.4) is 0 Å². The molecule has 0 aromatic heterocycles. The monoisotopic (exact) mass is 303 g/mol. The molecule has 1 unspecified atom stereocenters. The smallest absolute Gasteiger partial charge is 0.155 e. The van der Waals surface area contributed by atoms with Gasteiger partial charge in [-0.05, 0) is 18.3 Å². The second-order valence-electron chi connectivity index (χ2n) is 7.85. The van der Waals surface area contributed by atoms with E-state index in [0.29, 0.717) is 6.04 Å². The van der Waals surface area contributed by atoms with Crippen LogP contribution in [0.15, 0.2) is 0 Å². The molecule has 3 nitrogen and oxygen atoms in total. The SMILES string of the molecule is CC(C)P(=O)(C(C)C)N(CCC(C)(C)C)C1CCOC1. The molecule has 0 aromatic carbocycles. The Bertz CT molecular complexity index is 329. The van der Waals surface area contributed by atoms with E-state index in [1.54, 1.807) is 0 Å². The van der Waals surface area contributed by atoms with Crippen LogP contribution in [0.4, 0.5) is 0 Å². The number of hydrogen-bond donors (Lipinski definition) is 0. The van der Waals surface area contributed by atoms with Gasteiger partial charge in [0.2, 0.25) is 0 Å². The van der Waals surface area contributed by atoms with Gasteiger partial charge in [0.25, 0.3) is 0 Å². The van der Waals surface area contributed by atoms with Crippen LogP contribution in [0.2, 0.25) is 0 Å². The Morgan fingerprint density at radius 3 is 2.10 bits per heavy atom. The Labute approximate surface area is 125 Å². The molecule has 1 aliphatic heterocycles. The Morgan fingerprint density at radius 2 is 1.75 bits per heavy atom. The van der Waals surface area contributed by atoms with E-state index in [1.807, 2.05) is 0 Å². The first kappa shape index (κ1) is 18.2. The van der Waals surface area contributed by atoms with E-state index in [0.717, 1.165) is 32.6 Å². The van der Waals surface area contributed by atoms with Crippen molar-refractivity contribution < 1.29 is 9.30 Å². The predicted octanol–water partition coefficient (Wildman–Crippen LogP) is 4.61. The molecule has 0 aliphatic carbocycles. The van der Waals surface area contributed by atoms with Gasteiger partial charge in [0.05, 0.1) is 6.61 Å². The molecule has 4 heteroatoms. The van der Waals surface area contributed by atoms with Crippen molar-refractivity contribution in [2.24, 2.45) is 5.41 Å². The van der Waals surface area contributed by atoms with Gasteiger partial charge >= 0.3 is 0 Å². The predicted molar refractivity (Wildman–Crippen MR) is 87.9 cm³/mol. The van der Waals surface area contributed by atoms with E-state index in [1.165, 1.54) is 0 Å². The summed E-state index contributed by atoms with van der Waals surface area (Å²) >= 11 is 0. The van der Waals surface area contributed by atoms with Crippen molar-refractivity contribution >= 4 is 7.29 Å². The molecule has 0 radical (unpaired) electrons. The van der Waals surface area contributed by atoms with E-state index in [4.69, 9.17) is 4.74 Å². The van der Waals surface area contributed by atoms with Gasteiger partial charge in [-0.15, -0.1) is 0 Å². The number of nitrogens with zero attached hydrogens (tertiary/aromatic N) is 1. The van der Waals surface area contributed by atoms with Crippen molar-refractivity contribution in [1.29, 1.82) is 0 Å². The molecule has 1 aliphatic rings. The van der Waals surface area contributed by atoms with Crippen LogP contribution in [0, 0.1) is 5.41 Å². The zero-order valence-electron chi connectivity index (χ0n) is 14.5. The quantitative estimate of drug-likeness (QED) is 0.671. The topological polar surface area (TPSA) is 29.5 Å². The molecule has 1 rings (SSSR count). The van der Waals surface area contributed by atoms with Crippen LogP contribution in [0.25, 0.3) is 0 Å². The normalized spacial score (nSPS) is 21.4. The summed E-state index contributed by atoms with van der Waals surface area (Å²) in [7, 11) is -2.36. The third-order valence-corrected chi connectivity index (χ3v) is 8.59.